The van der Waals surface area contributed by atoms with E-state index >= 15 is 0 Å². The van der Waals surface area contributed by atoms with Crippen molar-refractivity contribution in [3.05, 3.63) is 66.6 Å². The van der Waals surface area contributed by atoms with E-state index < -0.39 is 17.8 Å². The second-order valence-corrected chi connectivity index (χ2v) is 7.46. The molecule has 0 radical (unpaired) electrons. The SMILES string of the molecule is C=CCOCC(O)CN1CCCN(c2ccc(NC(=O)c3ccccc3F)cn2)CC1. The number of anilines is 2. The van der Waals surface area contributed by atoms with Gasteiger partial charge >= 0.3 is 0 Å². The molecule has 1 fully saturated rings. The quantitative estimate of drug-likeness (QED) is 0.472. The molecule has 1 amide bonds. The zero-order valence-electron chi connectivity index (χ0n) is 17.5. The minimum Gasteiger partial charge on any atom is -0.389 e. The number of amides is 1. The summed E-state index contributed by atoms with van der Waals surface area (Å²) in [6.45, 7) is 8.25. The molecular formula is C23H29FN4O3. The Morgan fingerprint density at radius 2 is 2.10 bits per heavy atom. The van der Waals surface area contributed by atoms with Gasteiger partial charge < -0.3 is 20.1 Å². The van der Waals surface area contributed by atoms with Crippen LogP contribution in [0.1, 0.15) is 16.8 Å². The number of benzene rings is 1. The molecule has 1 saturated heterocycles. The van der Waals surface area contributed by atoms with Crippen molar-refractivity contribution in [3.63, 3.8) is 0 Å². The highest BCUT2D eigenvalue weighted by Crippen LogP contribution is 2.18. The third-order valence-electron chi connectivity index (χ3n) is 5.05. The van der Waals surface area contributed by atoms with E-state index in [0.29, 0.717) is 25.4 Å². The Morgan fingerprint density at radius 1 is 1.26 bits per heavy atom. The fraction of sp³-hybridized carbons (Fsp3) is 0.391. The molecule has 1 aromatic heterocycles. The first-order valence-electron chi connectivity index (χ1n) is 10.4. The normalized spacial score (nSPS) is 15.9. The summed E-state index contributed by atoms with van der Waals surface area (Å²) in [4.78, 5) is 21.1. The second-order valence-electron chi connectivity index (χ2n) is 7.46. The fourth-order valence-corrected chi connectivity index (χ4v) is 3.51. The summed E-state index contributed by atoms with van der Waals surface area (Å²) >= 11 is 0. The van der Waals surface area contributed by atoms with Crippen LogP contribution < -0.4 is 10.2 Å². The molecule has 0 aliphatic carbocycles. The van der Waals surface area contributed by atoms with Gasteiger partial charge in [0.25, 0.3) is 5.91 Å². The number of aliphatic hydroxyl groups excluding tert-OH is 1. The molecule has 0 saturated carbocycles. The van der Waals surface area contributed by atoms with Crippen molar-refractivity contribution >= 4 is 17.4 Å². The number of aromatic nitrogens is 1. The lowest BCUT2D eigenvalue weighted by molar-refractivity contribution is 0.0275. The zero-order chi connectivity index (χ0) is 22.1. The van der Waals surface area contributed by atoms with Crippen molar-refractivity contribution in [2.45, 2.75) is 12.5 Å². The number of rotatable bonds is 9. The molecule has 31 heavy (non-hydrogen) atoms. The maximum absolute atomic E-state index is 13.8. The number of nitrogens with one attached hydrogen (secondary N) is 1. The third kappa shape index (κ3) is 6.85. The number of ether oxygens (including phenoxy) is 1. The molecule has 2 aromatic rings. The van der Waals surface area contributed by atoms with Crippen LogP contribution in [0, 0.1) is 5.82 Å². The molecule has 7 nitrogen and oxygen atoms in total. The van der Waals surface area contributed by atoms with E-state index in [-0.39, 0.29) is 5.56 Å². The highest BCUT2D eigenvalue weighted by atomic mass is 19.1. The summed E-state index contributed by atoms with van der Waals surface area (Å²) in [6.07, 6.45) is 3.67. The van der Waals surface area contributed by atoms with Crippen LogP contribution in [0.5, 0.6) is 0 Å². The summed E-state index contributed by atoms with van der Waals surface area (Å²) in [5, 5.41) is 12.8. The van der Waals surface area contributed by atoms with E-state index in [1.165, 1.54) is 12.1 Å². The van der Waals surface area contributed by atoms with Gasteiger partial charge in [-0.05, 0) is 37.2 Å². The standard InChI is InChI=1S/C23H29FN4O3/c1-2-14-31-17-19(29)16-27-10-5-11-28(13-12-27)22-9-8-18(15-25-22)26-23(30)20-6-3-4-7-21(20)24/h2-4,6-9,15,19,29H,1,5,10-14,16-17H2,(H,26,30). The topological polar surface area (TPSA) is 77.9 Å². The van der Waals surface area contributed by atoms with Gasteiger partial charge in [-0.15, -0.1) is 6.58 Å². The van der Waals surface area contributed by atoms with Gasteiger partial charge in [0.15, 0.2) is 0 Å². The van der Waals surface area contributed by atoms with Gasteiger partial charge in [0, 0.05) is 26.2 Å². The number of hydrogen-bond donors (Lipinski definition) is 2. The average Bonchev–Trinajstić information content (AvgIpc) is 3.00. The highest BCUT2D eigenvalue weighted by molar-refractivity contribution is 6.04. The maximum atomic E-state index is 13.8. The molecular weight excluding hydrogens is 399 g/mol. The minimum atomic E-state index is -0.559. The zero-order valence-corrected chi connectivity index (χ0v) is 17.5. The number of hydrogen-bond acceptors (Lipinski definition) is 6. The summed E-state index contributed by atoms with van der Waals surface area (Å²) in [7, 11) is 0. The molecule has 0 bridgehead atoms. The number of halogens is 1. The number of aliphatic hydroxyl groups is 1. The summed E-state index contributed by atoms with van der Waals surface area (Å²) in [6, 6.07) is 9.48. The molecule has 1 unspecified atom stereocenters. The lowest BCUT2D eigenvalue weighted by atomic mass is 10.2. The maximum Gasteiger partial charge on any atom is 0.258 e. The third-order valence-corrected chi connectivity index (χ3v) is 5.05. The molecule has 1 atom stereocenters. The first-order valence-corrected chi connectivity index (χ1v) is 10.4. The Balaban J connectivity index is 1.51. The predicted octanol–water partition coefficient (Wildman–Crippen LogP) is 2.55. The van der Waals surface area contributed by atoms with Gasteiger partial charge in [-0.2, -0.15) is 0 Å². The smallest absolute Gasteiger partial charge is 0.258 e. The van der Waals surface area contributed by atoms with Gasteiger partial charge in [0.1, 0.15) is 11.6 Å². The second kappa shape index (κ2) is 11.5. The summed E-state index contributed by atoms with van der Waals surface area (Å²) < 4.78 is 19.1. The van der Waals surface area contributed by atoms with Crippen LogP contribution in [0.2, 0.25) is 0 Å². The van der Waals surface area contributed by atoms with Gasteiger partial charge in [-0.3, -0.25) is 9.69 Å². The number of nitrogens with zero attached hydrogens (tertiary/aromatic N) is 3. The van der Waals surface area contributed by atoms with E-state index in [4.69, 9.17) is 4.74 Å². The van der Waals surface area contributed by atoms with Gasteiger partial charge in [0.05, 0.1) is 36.8 Å². The molecule has 8 heteroatoms. The van der Waals surface area contributed by atoms with Crippen LogP contribution in [0.3, 0.4) is 0 Å². The summed E-state index contributed by atoms with van der Waals surface area (Å²) in [5.74, 6) is -0.245. The molecule has 0 spiro atoms. The summed E-state index contributed by atoms with van der Waals surface area (Å²) in [5.41, 5.74) is 0.507. The largest absolute Gasteiger partial charge is 0.389 e. The van der Waals surface area contributed by atoms with Crippen molar-refractivity contribution < 1.29 is 19.0 Å². The molecule has 1 aliphatic heterocycles. The van der Waals surface area contributed by atoms with Crippen LogP contribution in [-0.4, -0.2) is 72.9 Å². The van der Waals surface area contributed by atoms with E-state index in [1.807, 2.05) is 6.07 Å². The Bertz CT molecular complexity index is 862. The van der Waals surface area contributed by atoms with Crippen molar-refractivity contribution in [1.29, 1.82) is 0 Å². The number of carbonyl (C=O) groups excluding carboxylic acids is 1. The van der Waals surface area contributed by atoms with E-state index in [1.54, 1.807) is 30.5 Å². The van der Waals surface area contributed by atoms with Crippen molar-refractivity contribution in [2.24, 2.45) is 0 Å². The van der Waals surface area contributed by atoms with Crippen LogP contribution >= 0.6 is 0 Å². The van der Waals surface area contributed by atoms with Crippen LogP contribution in [0.25, 0.3) is 0 Å². The molecule has 1 aliphatic rings. The van der Waals surface area contributed by atoms with Crippen molar-refractivity contribution in [2.75, 3.05) is 56.2 Å². The van der Waals surface area contributed by atoms with Crippen LogP contribution in [0.4, 0.5) is 15.9 Å². The molecule has 2 heterocycles. The first kappa shape index (κ1) is 22.9. The lowest BCUT2D eigenvalue weighted by Gasteiger charge is -2.24. The average molecular weight is 429 g/mol. The Kier molecular flexibility index (Phi) is 8.52. The van der Waals surface area contributed by atoms with Crippen LogP contribution in [0.15, 0.2) is 55.3 Å². The van der Waals surface area contributed by atoms with Gasteiger partial charge in [-0.1, -0.05) is 18.2 Å². The van der Waals surface area contributed by atoms with E-state index in [0.717, 1.165) is 38.4 Å². The number of pyridine rings is 1. The predicted molar refractivity (Wildman–Crippen MR) is 119 cm³/mol. The molecule has 1 aromatic carbocycles. The fourth-order valence-electron chi connectivity index (χ4n) is 3.51. The molecule has 3 rings (SSSR count). The Morgan fingerprint density at radius 3 is 2.84 bits per heavy atom. The first-order chi connectivity index (χ1) is 15.1. The van der Waals surface area contributed by atoms with E-state index in [2.05, 4.69) is 26.7 Å². The Labute approximate surface area is 182 Å². The van der Waals surface area contributed by atoms with Crippen molar-refractivity contribution in [1.82, 2.24) is 9.88 Å². The molecule has 166 valence electrons. The minimum absolute atomic E-state index is 0.00346. The van der Waals surface area contributed by atoms with E-state index in [9.17, 15) is 14.3 Å². The Hall–Kier alpha value is -2.81. The monoisotopic (exact) mass is 428 g/mol. The van der Waals surface area contributed by atoms with Crippen molar-refractivity contribution in [3.8, 4) is 0 Å². The number of carbonyl (C=O) groups is 1. The lowest BCUT2D eigenvalue weighted by Crippen LogP contribution is -2.37. The molecule has 2 N–H and O–H groups in total. The number of β-amino-alcohol motifs (C(OH)–C–C–N with tert-alkyl or cyclic N) is 1. The van der Waals surface area contributed by atoms with Crippen LogP contribution in [-0.2, 0) is 4.74 Å². The van der Waals surface area contributed by atoms with Gasteiger partial charge in [0.2, 0.25) is 0 Å². The van der Waals surface area contributed by atoms with Gasteiger partial charge in [-0.25, -0.2) is 9.37 Å². The highest BCUT2D eigenvalue weighted by Gasteiger charge is 2.19.